The first-order valence-electron chi connectivity index (χ1n) is 7.10. The number of ether oxygens (including phenoxy) is 2. The third kappa shape index (κ3) is 4.57. The van der Waals surface area contributed by atoms with Gasteiger partial charge in [-0.1, -0.05) is 6.07 Å². The van der Waals surface area contributed by atoms with Crippen molar-refractivity contribution in [1.29, 1.82) is 0 Å². The van der Waals surface area contributed by atoms with E-state index < -0.39 is 32.6 Å². The maximum Gasteiger partial charge on any atom is 0.339 e. The van der Waals surface area contributed by atoms with Crippen molar-refractivity contribution in [1.82, 2.24) is 0 Å². The van der Waals surface area contributed by atoms with Gasteiger partial charge in [0.05, 0.1) is 14.2 Å². The summed E-state index contributed by atoms with van der Waals surface area (Å²) in [5.74, 6) is -3.16. The molecule has 2 aromatic rings. The minimum atomic E-state index is -4.41. The van der Waals surface area contributed by atoms with Crippen LogP contribution in [-0.4, -0.2) is 28.6 Å². The van der Waals surface area contributed by atoms with Crippen LogP contribution in [-0.2, 0) is 19.6 Å². The lowest BCUT2D eigenvalue weighted by atomic mass is 10.2. The highest BCUT2D eigenvalue weighted by Gasteiger charge is 2.21. The summed E-state index contributed by atoms with van der Waals surface area (Å²) < 4.78 is 65.2. The number of esters is 1. The molecule has 6 nitrogen and oxygen atoms in total. The van der Waals surface area contributed by atoms with Crippen LogP contribution in [0.15, 0.2) is 47.4 Å². The molecule has 2 rings (SSSR count). The van der Waals surface area contributed by atoms with Gasteiger partial charge in [0, 0.05) is 6.08 Å². The van der Waals surface area contributed by atoms with E-state index in [0.717, 1.165) is 6.07 Å². The fourth-order valence-electron chi connectivity index (χ4n) is 1.89. The second-order valence-electron chi connectivity index (χ2n) is 4.88. The van der Waals surface area contributed by atoms with E-state index in [-0.39, 0.29) is 11.5 Å². The van der Waals surface area contributed by atoms with Crippen LogP contribution in [0.1, 0.15) is 5.56 Å². The molecular weight excluding hydrogens is 370 g/mol. The lowest BCUT2D eigenvalue weighted by Crippen LogP contribution is -2.11. The average Bonchev–Trinajstić information content (AvgIpc) is 2.62. The minimum absolute atomic E-state index is 0.0585. The molecule has 0 N–H and O–H groups in total. The molecule has 0 aliphatic heterocycles. The Balaban J connectivity index is 2.31. The van der Waals surface area contributed by atoms with Crippen LogP contribution in [0.3, 0.4) is 0 Å². The van der Waals surface area contributed by atoms with E-state index in [4.69, 9.17) is 8.92 Å². The molecule has 0 amide bonds. The van der Waals surface area contributed by atoms with Gasteiger partial charge in [0.1, 0.15) is 4.90 Å². The van der Waals surface area contributed by atoms with E-state index in [2.05, 4.69) is 4.74 Å². The second-order valence-corrected chi connectivity index (χ2v) is 6.43. The quantitative estimate of drug-likeness (QED) is 0.433. The fourth-order valence-corrected chi connectivity index (χ4v) is 2.84. The van der Waals surface area contributed by atoms with E-state index >= 15 is 0 Å². The molecule has 0 heterocycles. The molecule has 0 atom stereocenters. The molecule has 2 aromatic carbocycles. The monoisotopic (exact) mass is 384 g/mol. The lowest BCUT2D eigenvalue weighted by Gasteiger charge is -2.11. The van der Waals surface area contributed by atoms with Crippen LogP contribution in [0.5, 0.6) is 11.5 Å². The first-order chi connectivity index (χ1) is 12.3. The number of halogens is 2. The summed E-state index contributed by atoms with van der Waals surface area (Å²) in [6, 6.07) is 6.28. The zero-order valence-electron chi connectivity index (χ0n) is 13.7. The van der Waals surface area contributed by atoms with Gasteiger partial charge in [0.2, 0.25) is 0 Å². The largest absolute Gasteiger partial charge is 0.493 e. The average molecular weight is 384 g/mol. The Kier molecular flexibility index (Phi) is 5.93. The van der Waals surface area contributed by atoms with Gasteiger partial charge in [-0.3, -0.25) is 0 Å². The van der Waals surface area contributed by atoms with Gasteiger partial charge in [-0.15, -0.1) is 0 Å². The standard InChI is InChI=1S/C17H14F2O6S/c1-23-16-9-11(4-8-17(20)24-2)3-7-15(16)25-26(21,22)12-5-6-13(18)14(19)10-12/h3-10H,1-2H3/b8-4+. The van der Waals surface area contributed by atoms with E-state index in [1.165, 1.54) is 44.6 Å². The van der Waals surface area contributed by atoms with Crippen molar-refractivity contribution in [3.63, 3.8) is 0 Å². The molecule has 0 saturated carbocycles. The fraction of sp³-hybridized carbons (Fsp3) is 0.118. The molecule has 0 radical (unpaired) electrons. The van der Waals surface area contributed by atoms with Crippen LogP contribution < -0.4 is 8.92 Å². The van der Waals surface area contributed by atoms with Crippen LogP contribution >= 0.6 is 0 Å². The number of methoxy groups -OCH3 is 2. The van der Waals surface area contributed by atoms with Crippen LogP contribution in [0.25, 0.3) is 6.08 Å². The molecule has 26 heavy (non-hydrogen) atoms. The molecule has 138 valence electrons. The molecule has 0 unspecified atom stereocenters. The molecule has 0 saturated heterocycles. The Hall–Kier alpha value is -2.94. The smallest absolute Gasteiger partial charge is 0.339 e. The Bertz CT molecular complexity index is 954. The topological polar surface area (TPSA) is 78.9 Å². The predicted molar refractivity (Wildman–Crippen MR) is 88.2 cm³/mol. The molecule has 0 aliphatic rings. The molecule has 0 fully saturated rings. The van der Waals surface area contributed by atoms with Gasteiger partial charge in [-0.25, -0.2) is 13.6 Å². The maximum atomic E-state index is 13.3. The van der Waals surface area contributed by atoms with E-state index in [9.17, 15) is 22.0 Å². The number of carbonyl (C=O) groups excluding carboxylic acids is 1. The first-order valence-corrected chi connectivity index (χ1v) is 8.51. The Morgan fingerprint density at radius 1 is 1.00 bits per heavy atom. The molecule has 0 bridgehead atoms. The third-order valence-corrected chi connectivity index (χ3v) is 4.41. The SMILES string of the molecule is COC(=O)/C=C/c1ccc(OS(=O)(=O)c2ccc(F)c(F)c2)c(OC)c1. The Labute approximate surface area is 148 Å². The third-order valence-electron chi connectivity index (χ3n) is 3.18. The van der Waals surface area contributed by atoms with Crippen LogP contribution in [0, 0.1) is 11.6 Å². The van der Waals surface area contributed by atoms with Gasteiger partial charge in [-0.2, -0.15) is 8.42 Å². The van der Waals surface area contributed by atoms with E-state index in [0.29, 0.717) is 17.7 Å². The van der Waals surface area contributed by atoms with Gasteiger partial charge in [0.15, 0.2) is 23.1 Å². The number of carbonyl (C=O) groups is 1. The van der Waals surface area contributed by atoms with Crippen molar-refractivity contribution < 1.29 is 35.6 Å². The highest BCUT2D eigenvalue weighted by atomic mass is 32.2. The zero-order chi connectivity index (χ0) is 19.3. The van der Waals surface area contributed by atoms with Crippen molar-refractivity contribution in [3.8, 4) is 11.5 Å². The number of benzene rings is 2. The minimum Gasteiger partial charge on any atom is -0.493 e. The van der Waals surface area contributed by atoms with E-state index in [1.54, 1.807) is 0 Å². The van der Waals surface area contributed by atoms with Crippen LogP contribution in [0.4, 0.5) is 8.78 Å². The van der Waals surface area contributed by atoms with Crippen molar-refractivity contribution >= 4 is 22.2 Å². The summed E-state index contributed by atoms with van der Waals surface area (Å²) in [4.78, 5) is 10.6. The summed E-state index contributed by atoms with van der Waals surface area (Å²) >= 11 is 0. The van der Waals surface area contributed by atoms with Gasteiger partial charge >= 0.3 is 16.1 Å². The second kappa shape index (κ2) is 7.96. The summed E-state index contributed by atoms with van der Waals surface area (Å²) in [6.07, 6.45) is 2.61. The lowest BCUT2D eigenvalue weighted by molar-refractivity contribution is -0.134. The highest BCUT2D eigenvalue weighted by Crippen LogP contribution is 2.31. The van der Waals surface area contributed by atoms with Gasteiger partial charge < -0.3 is 13.7 Å². The number of rotatable bonds is 6. The Morgan fingerprint density at radius 3 is 2.35 bits per heavy atom. The van der Waals surface area contributed by atoms with Crippen molar-refractivity contribution in [2.75, 3.05) is 14.2 Å². The summed E-state index contributed by atoms with van der Waals surface area (Å²) in [5.41, 5.74) is 0.518. The predicted octanol–water partition coefficient (Wildman–Crippen LogP) is 2.93. The molecule has 9 heteroatoms. The van der Waals surface area contributed by atoms with Gasteiger partial charge in [-0.05, 0) is 42.0 Å². The summed E-state index contributed by atoms with van der Waals surface area (Å²) in [6.45, 7) is 0. The number of hydrogen-bond acceptors (Lipinski definition) is 6. The zero-order valence-corrected chi connectivity index (χ0v) is 14.5. The van der Waals surface area contributed by atoms with Crippen LogP contribution in [0.2, 0.25) is 0 Å². The summed E-state index contributed by atoms with van der Waals surface area (Å²) in [7, 11) is -1.89. The highest BCUT2D eigenvalue weighted by molar-refractivity contribution is 7.87. The summed E-state index contributed by atoms with van der Waals surface area (Å²) in [5, 5.41) is 0. The van der Waals surface area contributed by atoms with Gasteiger partial charge in [0.25, 0.3) is 0 Å². The molecule has 0 aromatic heterocycles. The normalized spacial score (nSPS) is 11.4. The van der Waals surface area contributed by atoms with Crippen molar-refractivity contribution in [3.05, 3.63) is 59.7 Å². The first kappa shape index (κ1) is 19.4. The molecular formula is C17H14F2O6S. The maximum absolute atomic E-state index is 13.3. The number of hydrogen-bond donors (Lipinski definition) is 0. The van der Waals surface area contributed by atoms with Crippen molar-refractivity contribution in [2.24, 2.45) is 0 Å². The molecule has 0 aliphatic carbocycles. The Morgan fingerprint density at radius 2 is 1.73 bits per heavy atom. The molecule has 0 spiro atoms. The van der Waals surface area contributed by atoms with Crippen molar-refractivity contribution in [2.45, 2.75) is 4.90 Å². The van der Waals surface area contributed by atoms with E-state index in [1.807, 2.05) is 0 Å².